The van der Waals surface area contributed by atoms with Gasteiger partial charge >= 0.3 is 0 Å². The number of hydrogen-bond donors (Lipinski definition) is 0. The minimum absolute atomic E-state index is 0.203. The molecule has 1 amide bonds. The van der Waals surface area contributed by atoms with E-state index in [0.717, 1.165) is 49.1 Å². The summed E-state index contributed by atoms with van der Waals surface area (Å²) in [7, 11) is 0. The van der Waals surface area contributed by atoms with Gasteiger partial charge in [0.1, 0.15) is 11.6 Å². The molecule has 2 aromatic rings. The SMILES string of the molecule is CC(C)c1cc(N2CCN(C(=O)Cc3ccccc3)CC2)nc(C(C)C)n1. The van der Waals surface area contributed by atoms with Crippen LogP contribution in [0.3, 0.4) is 0 Å². The number of nitrogens with zero attached hydrogens (tertiary/aromatic N) is 4. The van der Waals surface area contributed by atoms with Crippen LogP contribution < -0.4 is 4.90 Å². The fourth-order valence-corrected chi connectivity index (χ4v) is 3.25. The molecule has 0 unspecified atom stereocenters. The highest BCUT2D eigenvalue weighted by molar-refractivity contribution is 5.79. The first kappa shape index (κ1) is 19.3. The van der Waals surface area contributed by atoms with Crippen LogP contribution in [0.15, 0.2) is 36.4 Å². The maximum atomic E-state index is 12.6. The predicted molar refractivity (Wildman–Crippen MR) is 109 cm³/mol. The molecule has 0 radical (unpaired) electrons. The fourth-order valence-electron chi connectivity index (χ4n) is 3.25. The second kappa shape index (κ2) is 8.51. The van der Waals surface area contributed by atoms with E-state index in [1.165, 1.54) is 0 Å². The van der Waals surface area contributed by atoms with Gasteiger partial charge in [0.25, 0.3) is 0 Å². The van der Waals surface area contributed by atoms with Gasteiger partial charge in [-0.15, -0.1) is 0 Å². The summed E-state index contributed by atoms with van der Waals surface area (Å²) in [5.41, 5.74) is 2.16. The molecule has 0 aliphatic carbocycles. The van der Waals surface area contributed by atoms with Crippen LogP contribution in [0.25, 0.3) is 0 Å². The third-order valence-corrected chi connectivity index (χ3v) is 5.01. The van der Waals surface area contributed by atoms with Crippen LogP contribution in [0.2, 0.25) is 0 Å². The molecule has 1 saturated heterocycles. The normalized spacial score (nSPS) is 14.9. The molecule has 1 aromatic heterocycles. The molecule has 5 heteroatoms. The number of anilines is 1. The first-order valence-electron chi connectivity index (χ1n) is 9.89. The zero-order valence-corrected chi connectivity index (χ0v) is 16.9. The second-order valence-electron chi connectivity index (χ2n) is 7.85. The summed E-state index contributed by atoms with van der Waals surface area (Å²) >= 11 is 0. The summed E-state index contributed by atoms with van der Waals surface area (Å²) < 4.78 is 0. The fraction of sp³-hybridized carbons (Fsp3) is 0.500. The highest BCUT2D eigenvalue weighted by atomic mass is 16.2. The van der Waals surface area contributed by atoms with Gasteiger partial charge in [-0.2, -0.15) is 0 Å². The predicted octanol–water partition coefficient (Wildman–Crippen LogP) is 3.61. The largest absolute Gasteiger partial charge is 0.353 e. The minimum atomic E-state index is 0.203. The van der Waals surface area contributed by atoms with E-state index in [4.69, 9.17) is 9.97 Å². The van der Waals surface area contributed by atoms with E-state index in [1.54, 1.807) is 0 Å². The Bertz CT molecular complexity index is 739. The molecule has 1 aromatic carbocycles. The van der Waals surface area contributed by atoms with Crippen LogP contribution in [0.4, 0.5) is 5.82 Å². The van der Waals surface area contributed by atoms with E-state index < -0.39 is 0 Å². The van der Waals surface area contributed by atoms with Crippen molar-refractivity contribution in [3.8, 4) is 0 Å². The Morgan fingerprint density at radius 3 is 2.22 bits per heavy atom. The van der Waals surface area contributed by atoms with E-state index >= 15 is 0 Å². The lowest BCUT2D eigenvalue weighted by Gasteiger charge is -2.36. The van der Waals surface area contributed by atoms with E-state index in [-0.39, 0.29) is 5.91 Å². The lowest BCUT2D eigenvalue weighted by atomic mass is 10.1. The van der Waals surface area contributed by atoms with Crippen LogP contribution in [-0.2, 0) is 11.2 Å². The van der Waals surface area contributed by atoms with Gasteiger partial charge in [-0.05, 0) is 11.5 Å². The average molecular weight is 367 g/mol. The van der Waals surface area contributed by atoms with Gasteiger partial charge in [0.05, 0.1) is 6.42 Å². The number of rotatable bonds is 5. The zero-order valence-electron chi connectivity index (χ0n) is 16.9. The smallest absolute Gasteiger partial charge is 0.227 e. The van der Waals surface area contributed by atoms with Crippen molar-refractivity contribution < 1.29 is 4.79 Å². The van der Waals surface area contributed by atoms with Crippen LogP contribution in [-0.4, -0.2) is 47.0 Å². The second-order valence-corrected chi connectivity index (χ2v) is 7.85. The van der Waals surface area contributed by atoms with Gasteiger partial charge in [0.2, 0.25) is 5.91 Å². The highest BCUT2D eigenvalue weighted by Crippen LogP contribution is 2.23. The Kier molecular flexibility index (Phi) is 6.09. The summed E-state index contributed by atoms with van der Waals surface area (Å²) in [6.07, 6.45) is 0.476. The number of benzene rings is 1. The van der Waals surface area contributed by atoms with Crippen molar-refractivity contribution >= 4 is 11.7 Å². The number of amides is 1. The monoisotopic (exact) mass is 366 g/mol. The Hall–Kier alpha value is -2.43. The van der Waals surface area contributed by atoms with E-state index in [2.05, 4.69) is 38.7 Å². The maximum absolute atomic E-state index is 12.6. The summed E-state index contributed by atoms with van der Waals surface area (Å²) in [4.78, 5) is 26.3. The standard InChI is InChI=1S/C22H30N4O/c1-16(2)19-15-20(24-22(23-19)17(3)4)25-10-12-26(13-11-25)21(27)14-18-8-6-5-7-9-18/h5-9,15-17H,10-14H2,1-4H3. The number of carbonyl (C=O) groups excluding carboxylic acids is 1. The lowest BCUT2D eigenvalue weighted by Crippen LogP contribution is -2.49. The molecule has 0 atom stereocenters. The highest BCUT2D eigenvalue weighted by Gasteiger charge is 2.23. The summed E-state index contributed by atoms with van der Waals surface area (Å²) in [6.45, 7) is 11.7. The molecule has 3 rings (SSSR count). The molecule has 2 heterocycles. The van der Waals surface area contributed by atoms with E-state index in [0.29, 0.717) is 18.3 Å². The van der Waals surface area contributed by atoms with Crippen molar-refractivity contribution in [2.24, 2.45) is 0 Å². The lowest BCUT2D eigenvalue weighted by molar-refractivity contribution is -0.130. The Balaban J connectivity index is 1.66. The van der Waals surface area contributed by atoms with Crippen molar-refractivity contribution in [2.45, 2.75) is 46.0 Å². The average Bonchev–Trinajstić information content (AvgIpc) is 2.68. The molecule has 0 N–H and O–H groups in total. The molecular weight excluding hydrogens is 336 g/mol. The zero-order chi connectivity index (χ0) is 19.4. The summed E-state index contributed by atoms with van der Waals surface area (Å²) in [5, 5.41) is 0. The van der Waals surface area contributed by atoms with Crippen molar-refractivity contribution in [3.63, 3.8) is 0 Å². The number of hydrogen-bond acceptors (Lipinski definition) is 4. The first-order chi connectivity index (χ1) is 12.9. The molecule has 1 aliphatic rings. The Labute approximate surface area is 162 Å². The van der Waals surface area contributed by atoms with Crippen LogP contribution in [0.1, 0.15) is 56.6 Å². The third kappa shape index (κ3) is 4.85. The van der Waals surface area contributed by atoms with Gasteiger partial charge in [0, 0.05) is 43.9 Å². The number of piperazine rings is 1. The van der Waals surface area contributed by atoms with Crippen molar-refractivity contribution in [3.05, 3.63) is 53.5 Å². The first-order valence-corrected chi connectivity index (χ1v) is 9.89. The number of aromatic nitrogens is 2. The molecule has 0 spiro atoms. The Morgan fingerprint density at radius 1 is 0.963 bits per heavy atom. The molecule has 144 valence electrons. The van der Waals surface area contributed by atoms with Gasteiger partial charge in [-0.1, -0.05) is 58.0 Å². The topological polar surface area (TPSA) is 49.3 Å². The minimum Gasteiger partial charge on any atom is -0.353 e. The Morgan fingerprint density at radius 2 is 1.63 bits per heavy atom. The van der Waals surface area contributed by atoms with Crippen molar-refractivity contribution in [1.29, 1.82) is 0 Å². The van der Waals surface area contributed by atoms with Crippen molar-refractivity contribution in [2.75, 3.05) is 31.1 Å². The third-order valence-electron chi connectivity index (χ3n) is 5.01. The van der Waals surface area contributed by atoms with E-state index in [9.17, 15) is 4.79 Å². The van der Waals surface area contributed by atoms with Crippen LogP contribution in [0, 0.1) is 0 Å². The quantitative estimate of drug-likeness (QED) is 0.811. The molecule has 0 saturated carbocycles. The van der Waals surface area contributed by atoms with Gasteiger partial charge in [-0.3, -0.25) is 4.79 Å². The molecular formula is C22H30N4O. The molecule has 0 bridgehead atoms. The van der Waals surface area contributed by atoms with Gasteiger partial charge in [-0.25, -0.2) is 9.97 Å². The van der Waals surface area contributed by atoms with Crippen LogP contribution >= 0.6 is 0 Å². The molecule has 1 fully saturated rings. The van der Waals surface area contributed by atoms with Gasteiger partial charge in [0.15, 0.2) is 0 Å². The summed E-state index contributed by atoms with van der Waals surface area (Å²) in [5.74, 6) is 2.77. The molecule has 1 aliphatic heterocycles. The maximum Gasteiger partial charge on any atom is 0.227 e. The number of carbonyl (C=O) groups is 1. The van der Waals surface area contributed by atoms with Crippen molar-refractivity contribution in [1.82, 2.24) is 14.9 Å². The van der Waals surface area contributed by atoms with Gasteiger partial charge < -0.3 is 9.80 Å². The van der Waals surface area contributed by atoms with Crippen LogP contribution in [0.5, 0.6) is 0 Å². The summed E-state index contributed by atoms with van der Waals surface area (Å²) in [6, 6.07) is 12.1. The molecule has 27 heavy (non-hydrogen) atoms. The van der Waals surface area contributed by atoms with E-state index in [1.807, 2.05) is 35.2 Å². The molecule has 5 nitrogen and oxygen atoms in total.